The fourth-order valence-electron chi connectivity index (χ4n) is 4.87. The van der Waals surface area contributed by atoms with Gasteiger partial charge in [-0.1, -0.05) is 137 Å². The highest BCUT2D eigenvalue weighted by molar-refractivity contribution is 8.00. The van der Waals surface area contributed by atoms with Gasteiger partial charge in [-0.2, -0.15) is 0 Å². The highest BCUT2D eigenvalue weighted by atomic mass is 35.6. The van der Waals surface area contributed by atoms with Gasteiger partial charge in [0.1, 0.15) is 23.7 Å². The predicted octanol–water partition coefficient (Wildman–Crippen LogP) is 6.30. The Morgan fingerprint density at radius 2 is 1.46 bits per heavy atom. The Labute approximate surface area is 289 Å². The number of hydrogen-bond acceptors (Lipinski definition) is 8. The maximum atomic E-state index is 14.0. The fourth-order valence-corrected chi connectivity index (χ4v) is 6.40. The Morgan fingerprint density at radius 1 is 0.891 bits per heavy atom. The van der Waals surface area contributed by atoms with Crippen molar-refractivity contribution in [2.45, 2.75) is 33.3 Å². The molecule has 0 spiro atoms. The van der Waals surface area contributed by atoms with Crippen molar-refractivity contribution >= 4 is 82.1 Å². The topological polar surface area (TPSA) is 111 Å². The van der Waals surface area contributed by atoms with Crippen molar-refractivity contribution in [2.75, 3.05) is 12.4 Å². The summed E-state index contributed by atoms with van der Waals surface area (Å²) in [7, 11) is 0. The highest BCUT2D eigenvalue weighted by Crippen LogP contribution is 2.42. The molecule has 1 N–H and O–H groups in total. The number of hydrogen-bond donors (Lipinski definition) is 1. The summed E-state index contributed by atoms with van der Waals surface area (Å²) in [6.07, 6.45) is -1.99. The Hall–Kier alpha value is -3.41. The van der Waals surface area contributed by atoms with E-state index in [1.165, 1.54) is 16.7 Å². The van der Waals surface area contributed by atoms with Crippen molar-refractivity contribution in [1.29, 1.82) is 0 Å². The summed E-state index contributed by atoms with van der Waals surface area (Å²) < 4.78 is 14.0. The van der Waals surface area contributed by atoms with Gasteiger partial charge in [-0.3, -0.25) is 14.5 Å². The van der Waals surface area contributed by atoms with E-state index in [2.05, 4.69) is 5.32 Å². The summed E-state index contributed by atoms with van der Waals surface area (Å²) in [6.45, 7) is -0.456. The molecule has 46 heavy (non-hydrogen) atoms. The van der Waals surface area contributed by atoms with Crippen LogP contribution in [0.2, 0.25) is 0 Å². The van der Waals surface area contributed by atoms with Crippen LogP contribution < -0.4 is 5.32 Å². The standard InChI is InChI=1S/C32H26Cl4N2O7S/c33-30(32(34,35)36)45-31(42)43-17-22-18-46-28-24(37-23(39)16-19-10-4-1-5-11-19)27(40)38(28)25(22)29(41)44-26(20-12-6-2-7-13-20)21-14-8-3-9-15-21/h1-15,24,26,28,30H,16-18H2,(H,37,39)/t24-,28-,30?/m1/s1. The molecule has 9 nitrogen and oxygen atoms in total. The molecule has 5 rings (SSSR count). The lowest BCUT2D eigenvalue weighted by Crippen LogP contribution is -2.70. The van der Waals surface area contributed by atoms with Crippen LogP contribution in [-0.4, -0.2) is 62.0 Å². The second kappa shape index (κ2) is 15.0. The zero-order valence-corrected chi connectivity index (χ0v) is 27.7. The van der Waals surface area contributed by atoms with Gasteiger partial charge in [0.15, 0.2) is 6.10 Å². The van der Waals surface area contributed by atoms with Crippen LogP contribution in [0.1, 0.15) is 22.8 Å². The maximum Gasteiger partial charge on any atom is 0.510 e. The molecule has 0 bridgehead atoms. The third-order valence-corrected chi connectivity index (χ3v) is 9.70. The highest BCUT2D eigenvalue weighted by Gasteiger charge is 2.54. The van der Waals surface area contributed by atoms with Crippen LogP contribution in [0, 0.1) is 0 Å². The van der Waals surface area contributed by atoms with Crippen molar-refractivity contribution in [3.05, 3.63) is 119 Å². The lowest BCUT2D eigenvalue weighted by Gasteiger charge is -2.49. The van der Waals surface area contributed by atoms with E-state index in [-0.39, 0.29) is 29.4 Å². The smallest absolute Gasteiger partial charge is 0.448 e. The van der Waals surface area contributed by atoms with Crippen molar-refractivity contribution in [3.8, 4) is 0 Å². The molecule has 2 aliphatic heterocycles. The third-order valence-electron chi connectivity index (χ3n) is 7.02. The zero-order valence-electron chi connectivity index (χ0n) is 23.8. The normalized spacial score (nSPS) is 18.3. The van der Waals surface area contributed by atoms with E-state index in [1.54, 1.807) is 0 Å². The molecule has 1 fully saturated rings. The molecule has 1 unspecified atom stereocenters. The summed E-state index contributed by atoms with van der Waals surface area (Å²) in [5, 5.41) is 2.18. The first-order valence-corrected chi connectivity index (χ1v) is 16.5. The number of carbonyl (C=O) groups is 4. The van der Waals surface area contributed by atoms with E-state index >= 15 is 0 Å². The van der Waals surface area contributed by atoms with E-state index in [4.69, 9.17) is 60.6 Å². The van der Waals surface area contributed by atoms with Crippen LogP contribution in [-0.2, 0) is 35.0 Å². The predicted molar refractivity (Wildman–Crippen MR) is 175 cm³/mol. The van der Waals surface area contributed by atoms with Crippen molar-refractivity contribution < 1.29 is 33.4 Å². The second-order valence-electron chi connectivity index (χ2n) is 10.2. The monoisotopic (exact) mass is 722 g/mol. The number of nitrogens with zero attached hydrogens (tertiary/aromatic N) is 1. The molecule has 0 aliphatic carbocycles. The minimum absolute atomic E-state index is 0.0829. The minimum atomic E-state index is -2.11. The van der Waals surface area contributed by atoms with Gasteiger partial charge in [0, 0.05) is 11.3 Å². The average Bonchev–Trinajstić information content (AvgIpc) is 3.05. The SMILES string of the molecule is O=C(Cc1ccccc1)N[C@@H]1C(=O)N2C(C(=O)OC(c3ccccc3)c3ccccc3)=C(COC(=O)OC(Cl)C(Cl)(Cl)Cl)CS[C@H]12. The maximum absolute atomic E-state index is 14.0. The number of benzene rings is 3. The van der Waals surface area contributed by atoms with Crippen LogP contribution in [0.4, 0.5) is 4.79 Å². The first-order chi connectivity index (χ1) is 22.0. The van der Waals surface area contributed by atoms with Gasteiger partial charge >= 0.3 is 12.1 Å². The molecule has 14 heteroatoms. The van der Waals surface area contributed by atoms with Crippen molar-refractivity contribution in [1.82, 2.24) is 10.2 Å². The van der Waals surface area contributed by atoms with Gasteiger partial charge in [-0.15, -0.1) is 11.8 Å². The lowest BCUT2D eigenvalue weighted by atomic mass is 10.0. The summed E-state index contributed by atoms with van der Waals surface area (Å²) >= 11 is 24.1. The van der Waals surface area contributed by atoms with Gasteiger partial charge in [-0.05, 0) is 16.7 Å². The van der Waals surface area contributed by atoms with E-state index in [1.807, 2.05) is 91.0 Å². The largest absolute Gasteiger partial charge is 0.510 e. The number of nitrogens with one attached hydrogen (secondary N) is 1. The molecular formula is C32H26Cl4N2O7S. The summed E-state index contributed by atoms with van der Waals surface area (Å²) in [4.78, 5) is 53.9. The molecule has 3 aromatic carbocycles. The number of β-lactam (4-membered cyclic amide) rings is 1. The number of carbonyl (C=O) groups excluding carboxylic acids is 4. The number of halogens is 4. The number of ether oxygens (including phenoxy) is 3. The van der Waals surface area contributed by atoms with Gasteiger partial charge in [0.25, 0.3) is 5.91 Å². The number of amides is 2. The molecule has 3 aromatic rings. The Kier molecular flexibility index (Phi) is 11.1. The van der Waals surface area contributed by atoms with Crippen molar-refractivity contribution in [2.24, 2.45) is 0 Å². The number of esters is 1. The Balaban J connectivity index is 1.39. The Morgan fingerprint density at radius 3 is 2.02 bits per heavy atom. The summed E-state index contributed by atoms with van der Waals surface area (Å²) in [6, 6.07) is 26.5. The second-order valence-corrected chi connectivity index (χ2v) is 14.1. The van der Waals surface area contributed by atoms with E-state index in [9.17, 15) is 19.2 Å². The van der Waals surface area contributed by atoms with E-state index < -0.39 is 51.5 Å². The summed E-state index contributed by atoms with van der Waals surface area (Å²) in [5.41, 5.74) is 0.708. The number of fused-ring (bicyclic) bond motifs is 1. The van der Waals surface area contributed by atoms with Gasteiger partial charge < -0.3 is 19.5 Å². The van der Waals surface area contributed by atoms with Crippen LogP contribution >= 0.6 is 58.2 Å². The first kappa shape index (κ1) is 33.9. The van der Waals surface area contributed by atoms with E-state index in [0.29, 0.717) is 11.1 Å². The van der Waals surface area contributed by atoms with Crippen LogP contribution in [0.25, 0.3) is 0 Å². The molecule has 0 saturated carbocycles. The molecule has 240 valence electrons. The molecule has 2 amide bonds. The van der Waals surface area contributed by atoms with E-state index in [0.717, 1.165) is 5.56 Å². The molecular weight excluding hydrogens is 698 g/mol. The molecule has 1 saturated heterocycles. The molecule has 0 aromatic heterocycles. The number of thioether (sulfide) groups is 1. The average molecular weight is 724 g/mol. The summed E-state index contributed by atoms with van der Waals surface area (Å²) in [5.74, 6) is -1.52. The third kappa shape index (κ3) is 8.11. The molecule has 2 aliphatic rings. The number of alkyl halides is 4. The fraction of sp³-hybridized carbons (Fsp3) is 0.250. The molecule has 3 atom stereocenters. The van der Waals surface area contributed by atoms with Gasteiger partial charge in [0.05, 0.1) is 6.42 Å². The van der Waals surface area contributed by atoms with Crippen LogP contribution in [0.5, 0.6) is 0 Å². The van der Waals surface area contributed by atoms with Crippen LogP contribution in [0.15, 0.2) is 102 Å². The molecule has 2 heterocycles. The first-order valence-electron chi connectivity index (χ1n) is 13.9. The van der Waals surface area contributed by atoms with Crippen LogP contribution in [0.3, 0.4) is 0 Å². The zero-order chi connectivity index (χ0) is 32.8. The van der Waals surface area contributed by atoms with Gasteiger partial charge in [-0.25, -0.2) is 9.59 Å². The Bertz CT molecular complexity index is 1570. The lowest BCUT2D eigenvalue weighted by molar-refractivity contribution is -0.154. The van der Waals surface area contributed by atoms with Gasteiger partial charge in [0.2, 0.25) is 15.3 Å². The minimum Gasteiger partial charge on any atom is -0.448 e. The quantitative estimate of drug-likeness (QED) is 0.147. The van der Waals surface area contributed by atoms with Crippen molar-refractivity contribution in [3.63, 3.8) is 0 Å². The molecule has 0 radical (unpaired) electrons. The number of rotatable bonds is 10.